The summed E-state index contributed by atoms with van der Waals surface area (Å²) in [6.07, 6.45) is 0. The maximum Gasteiger partial charge on any atom is 0.293 e. The van der Waals surface area contributed by atoms with Crippen LogP contribution in [-0.2, 0) is 14.8 Å². The van der Waals surface area contributed by atoms with E-state index in [-0.39, 0.29) is 29.1 Å². The molecule has 0 radical (unpaired) electrons. The van der Waals surface area contributed by atoms with Gasteiger partial charge < -0.3 is 10.6 Å². The van der Waals surface area contributed by atoms with Crippen molar-refractivity contribution < 1.29 is 18.1 Å². The van der Waals surface area contributed by atoms with Crippen LogP contribution in [0.25, 0.3) is 0 Å². The first-order chi connectivity index (χ1) is 11.3. The molecule has 0 aliphatic carbocycles. The van der Waals surface area contributed by atoms with Crippen LogP contribution in [-0.4, -0.2) is 37.4 Å². The highest BCUT2D eigenvalue weighted by atomic mass is 32.2. The molecule has 0 spiro atoms. The number of carbonyl (C=O) groups excluding carboxylic acids is 1. The van der Waals surface area contributed by atoms with Gasteiger partial charge in [-0.3, -0.25) is 14.9 Å². The van der Waals surface area contributed by atoms with E-state index in [4.69, 9.17) is 0 Å². The Morgan fingerprint density at radius 2 is 1.88 bits per heavy atom. The van der Waals surface area contributed by atoms with Crippen LogP contribution in [0.5, 0.6) is 0 Å². The first-order valence-corrected chi connectivity index (χ1v) is 9.16. The Kier molecular flexibility index (Phi) is 6.49. The van der Waals surface area contributed by atoms with Crippen LogP contribution in [0.3, 0.4) is 0 Å². The van der Waals surface area contributed by atoms with Crippen molar-refractivity contribution in [2.24, 2.45) is 0 Å². The third kappa shape index (κ3) is 6.67. The van der Waals surface area contributed by atoms with Gasteiger partial charge in [-0.25, -0.2) is 13.1 Å². The van der Waals surface area contributed by atoms with E-state index in [1.807, 2.05) is 20.8 Å². The van der Waals surface area contributed by atoms with Gasteiger partial charge in [-0.15, -0.1) is 0 Å². The predicted molar refractivity (Wildman–Crippen MR) is 94.9 cm³/mol. The number of nitrogens with one attached hydrogen (secondary N) is 3. The van der Waals surface area contributed by atoms with Crippen molar-refractivity contribution >= 4 is 27.3 Å². The number of nitrogens with zero attached hydrogens (tertiary/aromatic N) is 1. The average Bonchev–Trinajstić information content (AvgIpc) is 2.41. The van der Waals surface area contributed by atoms with E-state index in [9.17, 15) is 23.3 Å². The largest absolute Gasteiger partial charge is 0.371 e. The van der Waals surface area contributed by atoms with Crippen LogP contribution >= 0.6 is 0 Å². The Morgan fingerprint density at radius 1 is 1.28 bits per heavy atom. The Morgan fingerprint density at radius 3 is 2.36 bits per heavy atom. The van der Waals surface area contributed by atoms with Gasteiger partial charge in [-0.05, 0) is 46.8 Å². The number of hydrogen-bond acceptors (Lipinski definition) is 6. The van der Waals surface area contributed by atoms with E-state index in [1.165, 1.54) is 12.1 Å². The molecule has 1 aromatic carbocycles. The number of carbonyl (C=O) groups is 1. The summed E-state index contributed by atoms with van der Waals surface area (Å²) in [7, 11) is -3.85. The zero-order valence-electron chi connectivity index (χ0n) is 14.9. The molecule has 0 aromatic heterocycles. The van der Waals surface area contributed by atoms with E-state index < -0.39 is 26.2 Å². The molecule has 1 amide bonds. The summed E-state index contributed by atoms with van der Waals surface area (Å²) in [5.41, 5.74) is -0.779. The second-order valence-electron chi connectivity index (χ2n) is 6.86. The Hall–Kier alpha value is -2.20. The summed E-state index contributed by atoms with van der Waals surface area (Å²) >= 11 is 0. The molecule has 0 saturated carbocycles. The lowest BCUT2D eigenvalue weighted by atomic mass is 10.1. The first kappa shape index (κ1) is 20.8. The van der Waals surface area contributed by atoms with E-state index >= 15 is 0 Å². The molecule has 140 valence electrons. The van der Waals surface area contributed by atoms with Gasteiger partial charge in [0.2, 0.25) is 15.9 Å². The van der Waals surface area contributed by atoms with Gasteiger partial charge in [-0.1, -0.05) is 0 Å². The van der Waals surface area contributed by atoms with Crippen molar-refractivity contribution in [3.05, 3.63) is 28.3 Å². The Balaban J connectivity index is 3.03. The lowest BCUT2D eigenvalue weighted by molar-refractivity contribution is -0.384. The maximum atomic E-state index is 12.1. The molecule has 0 fully saturated rings. The number of nitro benzene ring substituents is 1. The SMILES string of the molecule is CC(C)NS(=O)(=O)c1ccc(NCC(=O)NC(C)(C)C)c([N+](=O)[O-])c1. The molecule has 0 aliphatic heterocycles. The van der Waals surface area contributed by atoms with Gasteiger partial charge in [0.1, 0.15) is 5.69 Å². The number of anilines is 1. The molecule has 1 aromatic rings. The van der Waals surface area contributed by atoms with Gasteiger partial charge in [0.15, 0.2) is 0 Å². The van der Waals surface area contributed by atoms with Crippen molar-refractivity contribution in [1.82, 2.24) is 10.0 Å². The Labute approximate surface area is 147 Å². The molecular weight excluding hydrogens is 348 g/mol. The second-order valence-corrected chi connectivity index (χ2v) is 8.58. The number of nitro groups is 1. The molecule has 3 N–H and O–H groups in total. The fraction of sp³-hybridized carbons (Fsp3) is 0.533. The molecule has 1 rings (SSSR count). The highest BCUT2D eigenvalue weighted by Crippen LogP contribution is 2.27. The number of hydrogen-bond donors (Lipinski definition) is 3. The van der Waals surface area contributed by atoms with Gasteiger partial charge in [0.25, 0.3) is 5.69 Å². The van der Waals surface area contributed by atoms with Crippen molar-refractivity contribution in [3.8, 4) is 0 Å². The van der Waals surface area contributed by atoms with Crippen LogP contribution in [0.4, 0.5) is 11.4 Å². The molecular formula is C15H24N4O5S. The smallest absolute Gasteiger partial charge is 0.293 e. The minimum atomic E-state index is -3.85. The predicted octanol–water partition coefficient (Wildman–Crippen LogP) is 1.61. The van der Waals surface area contributed by atoms with Crippen LogP contribution in [0.15, 0.2) is 23.1 Å². The topological polar surface area (TPSA) is 130 Å². The van der Waals surface area contributed by atoms with Crippen LogP contribution < -0.4 is 15.4 Å². The second kappa shape index (κ2) is 7.79. The van der Waals surface area contributed by atoms with Crippen molar-refractivity contribution in [1.29, 1.82) is 0 Å². The zero-order chi connectivity index (χ0) is 19.4. The third-order valence-corrected chi connectivity index (χ3v) is 4.48. The number of amides is 1. The summed E-state index contributed by atoms with van der Waals surface area (Å²) in [5.74, 6) is -0.333. The molecule has 25 heavy (non-hydrogen) atoms. The third-order valence-electron chi connectivity index (χ3n) is 2.82. The summed E-state index contributed by atoms with van der Waals surface area (Å²) < 4.78 is 26.6. The van der Waals surface area contributed by atoms with Crippen LogP contribution in [0.1, 0.15) is 34.6 Å². The van der Waals surface area contributed by atoms with Gasteiger partial charge in [0, 0.05) is 17.6 Å². The van der Waals surface area contributed by atoms with Crippen molar-refractivity contribution in [2.75, 3.05) is 11.9 Å². The maximum absolute atomic E-state index is 12.1. The molecule has 10 heteroatoms. The highest BCUT2D eigenvalue weighted by Gasteiger charge is 2.22. The molecule has 0 unspecified atom stereocenters. The van der Waals surface area contributed by atoms with Crippen molar-refractivity contribution in [2.45, 2.75) is 51.1 Å². The fourth-order valence-corrected chi connectivity index (χ4v) is 3.27. The Bertz CT molecular complexity index is 754. The van der Waals surface area contributed by atoms with Gasteiger partial charge in [-0.2, -0.15) is 0 Å². The number of sulfonamides is 1. The lowest BCUT2D eigenvalue weighted by Crippen LogP contribution is -2.43. The highest BCUT2D eigenvalue weighted by molar-refractivity contribution is 7.89. The summed E-state index contributed by atoms with van der Waals surface area (Å²) in [5, 5.41) is 16.6. The van der Waals surface area contributed by atoms with E-state index in [0.29, 0.717) is 0 Å². The summed E-state index contributed by atoms with van der Waals surface area (Å²) in [4.78, 5) is 22.2. The quantitative estimate of drug-likeness (QED) is 0.492. The van der Waals surface area contributed by atoms with Crippen LogP contribution in [0, 0.1) is 10.1 Å². The summed E-state index contributed by atoms with van der Waals surface area (Å²) in [6, 6.07) is 3.15. The van der Waals surface area contributed by atoms with E-state index in [0.717, 1.165) is 6.07 Å². The zero-order valence-corrected chi connectivity index (χ0v) is 15.7. The van der Waals surface area contributed by atoms with Crippen LogP contribution in [0.2, 0.25) is 0 Å². The van der Waals surface area contributed by atoms with E-state index in [1.54, 1.807) is 13.8 Å². The molecule has 0 aliphatic rings. The van der Waals surface area contributed by atoms with Gasteiger partial charge >= 0.3 is 0 Å². The number of rotatable bonds is 7. The molecule has 0 atom stereocenters. The monoisotopic (exact) mass is 372 g/mol. The molecule has 0 bridgehead atoms. The average molecular weight is 372 g/mol. The standard InChI is InChI=1S/C15H24N4O5S/c1-10(2)18-25(23,24)11-6-7-12(13(8-11)19(21)22)16-9-14(20)17-15(3,4)5/h6-8,10,16,18H,9H2,1-5H3,(H,17,20). The molecule has 0 saturated heterocycles. The first-order valence-electron chi connectivity index (χ1n) is 7.67. The number of benzene rings is 1. The van der Waals surface area contributed by atoms with E-state index in [2.05, 4.69) is 15.4 Å². The normalized spacial score (nSPS) is 12.1. The minimum Gasteiger partial charge on any atom is -0.371 e. The minimum absolute atomic E-state index is 0.0672. The van der Waals surface area contributed by atoms with Crippen molar-refractivity contribution in [3.63, 3.8) is 0 Å². The molecule has 9 nitrogen and oxygen atoms in total. The lowest BCUT2D eigenvalue weighted by Gasteiger charge is -2.20. The fourth-order valence-electron chi connectivity index (χ4n) is 2.00. The van der Waals surface area contributed by atoms with Gasteiger partial charge in [0.05, 0.1) is 16.4 Å². The summed E-state index contributed by atoms with van der Waals surface area (Å²) in [6.45, 7) is 8.57. The molecule has 0 heterocycles.